The van der Waals surface area contributed by atoms with Gasteiger partial charge in [-0.1, -0.05) is 0 Å². The van der Waals surface area contributed by atoms with Crippen LogP contribution in [0.5, 0.6) is 0 Å². The standard InChI is InChI=1S/C19H31N3O11/c1-8(16(27)22-11(18(29)30)5-4-6-23)20-17(28)9(2)32-15-13(21-10(3)25)19(31)33-12(7-24)14(15)26/h6,8-9,11-15,19,24,26,31H,4-5,7H2,1-3H3,(H,20,28)(H,21,25)(H,22,27)(H,29,30)/t8-,9+,11+,12+,13+,14+,15+,19-/m0/s1. The first kappa shape index (κ1) is 28.4. The van der Waals surface area contributed by atoms with Gasteiger partial charge in [-0.25, -0.2) is 4.79 Å². The Labute approximate surface area is 189 Å². The minimum atomic E-state index is -1.64. The Morgan fingerprint density at radius 3 is 2.27 bits per heavy atom. The summed E-state index contributed by atoms with van der Waals surface area (Å²) in [5, 5.41) is 45.8. The maximum absolute atomic E-state index is 12.5. The van der Waals surface area contributed by atoms with Crippen LogP contribution in [-0.2, 0) is 33.4 Å². The first-order valence-corrected chi connectivity index (χ1v) is 10.2. The van der Waals surface area contributed by atoms with Gasteiger partial charge in [-0.2, -0.15) is 0 Å². The molecule has 0 saturated carbocycles. The average Bonchev–Trinajstić information content (AvgIpc) is 2.74. The van der Waals surface area contributed by atoms with Gasteiger partial charge >= 0.3 is 5.97 Å². The van der Waals surface area contributed by atoms with Gasteiger partial charge in [-0.15, -0.1) is 0 Å². The smallest absolute Gasteiger partial charge is 0.326 e. The van der Waals surface area contributed by atoms with Crippen molar-refractivity contribution in [2.75, 3.05) is 6.61 Å². The predicted octanol–water partition coefficient (Wildman–Crippen LogP) is -3.61. The van der Waals surface area contributed by atoms with Crippen LogP contribution in [0, 0.1) is 0 Å². The van der Waals surface area contributed by atoms with E-state index in [4.69, 9.17) is 14.6 Å². The van der Waals surface area contributed by atoms with E-state index in [-0.39, 0.29) is 12.8 Å². The Morgan fingerprint density at radius 1 is 1.12 bits per heavy atom. The zero-order chi connectivity index (χ0) is 25.3. The minimum Gasteiger partial charge on any atom is -0.480 e. The number of hydrogen-bond acceptors (Lipinski definition) is 10. The number of carbonyl (C=O) groups excluding carboxylic acids is 4. The van der Waals surface area contributed by atoms with E-state index < -0.39 is 79.1 Å². The molecule has 1 rings (SSSR count). The van der Waals surface area contributed by atoms with Gasteiger partial charge in [-0.3, -0.25) is 14.4 Å². The molecule has 3 amide bonds. The topological polar surface area (TPSA) is 221 Å². The lowest BCUT2D eigenvalue weighted by molar-refractivity contribution is -0.266. The van der Waals surface area contributed by atoms with Crippen molar-refractivity contribution in [1.29, 1.82) is 0 Å². The molecule has 1 aliphatic rings. The van der Waals surface area contributed by atoms with Crippen molar-refractivity contribution in [2.45, 2.75) is 82.4 Å². The van der Waals surface area contributed by atoms with E-state index in [1.165, 1.54) is 13.8 Å². The van der Waals surface area contributed by atoms with Gasteiger partial charge in [0.2, 0.25) is 17.7 Å². The molecule has 8 atom stereocenters. The molecule has 14 nitrogen and oxygen atoms in total. The molecule has 1 saturated heterocycles. The Bertz CT molecular complexity index is 719. The fourth-order valence-electron chi connectivity index (χ4n) is 3.12. The van der Waals surface area contributed by atoms with Crippen LogP contribution in [0.15, 0.2) is 0 Å². The number of hydrogen-bond donors (Lipinski definition) is 7. The number of aliphatic hydroxyl groups is 3. The number of carbonyl (C=O) groups is 5. The first-order chi connectivity index (χ1) is 15.4. The van der Waals surface area contributed by atoms with Gasteiger partial charge in [-0.05, 0) is 20.3 Å². The zero-order valence-electron chi connectivity index (χ0n) is 18.5. The van der Waals surface area contributed by atoms with Crippen molar-refractivity contribution in [2.24, 2.45) is 0 Å². The third-order valence-electron chi connectivity index (χ3n) is 4.91. The van der Waals surface area contributed by atoms with Crippen LogP contribution in [0.25, 0.3) is 0 Å². The van der Waals surface area contributed by atoms with E-state index in [1.807, 2.05) is 0 Å². The lowest BCUT2D eigenvalue weighted by Crippen LogP contribution is -2.65. The molecular formula is C19H31N3O11. The van der Waals surface area contributed by atoms with Crippen molar-refractivity contribution in [3.8, 4) is 0 Å². The van der Waals surface area contributed by atoms with E-state index in [0.29, 0.717) is 6.29 Å². The van der Waals surface area contributed by atoms with Gasteiger partial charge in [0.05, 0.1) is 6.61 Å². The number of aliphatic hydroxyl groups excluding tert-OH is 3. The molecule has 1 aliphatic heterocycles. The molecular weight excluding hydrogens is 446 g/mol. The minimum absolute atomic E-state index is 0.0769. The number of nitrogens with one attached hydrogen (secondary N) is 3. The van der Waals surface area contributed by atoms with Crippen molar-refractivity contribution in [1.82, 2.24) is 16.0 Å². The van der Waals surface area contributed by atoms with Crippen molar-refractivity contribution in [3.05, 3.63) is 0 Å². The molecule has 1 fully saturated rings. The quantitative estimate of drug-likeness (QED) is 0.136. The molecule has 0 aromatic carbocycles. The second-order valence-electron chi connectivity index (χ2n) is 7.58. The molecule has 0 spiro atoms. The summed E-state index contributed by atoms with van der Waals surface area (Å²) in [5.74, 6) is -3.54. The summed E-state index contributed by atoms with van der Waals surface area (Å²) in [6.45, 7) is 3.08. The van der Waals surface area contributed by atoms with Crippen LogP contribution in [0.1, 0.15) is 33.6 Å². The van der Waals surface area contributed by atoms with Crippen LogP contribution in [-0.4, -0.2) is 106 Å². The largest absolute Gasteiger partial charge is 0.480 e. The summed E-state index contributed by atoms with van der Waals surface area (Å²) in [4.78, 5) is 57.8. The maximum atomic E-state index is 12.5. The van der Waals surface area contributed by atoms with Crippen LogP contribution in [0.3, 0.4) is 0 Å². The molecule has 0 bridgehead atoms. The molecule has 188 valence electrons. The highest BCUT2D eigenvalue weighted by Gasteiger charge is 2.47. The number of carboxylic acids is 1. The van der Waals surface area contributed by atoms with Gasteiger partial charge < -0.3 is 50.6 Å². The first-order valence-electron chi connectivity index (χ1n) is 10.2. The number of carboxylic acid groups (broad SMARTS) is 1. The lowest BCUT2D eigenvalue weighted by Gasteiger charge is -2.43. The fourth-order valence-corrected chi connectivity index (χ4v) is 3.12. The zero-order valence-corrected chi connectivity index (χ0v) is 18.5. The summed E-state index contributed by atoms with van der Waals surface area (Å²) in [6, 6.07) is -3.75. The summed E-state index contributed by atoms with van der Waals surface area (Å²) >= 11 is 0. The predicted molar refractivity (Wildman–Crippen MR) is 108 cm³/mol. The second-order valence-corrected chi connectivity index (χ2v) is 7.58. The molecule has 0 aromatic rings. The Morgan fingerprint density at radius 2 is 1.76 bits per heavy atom. The molecule has 0 aromatic heterocycles. The molecule has 7 N–H and O–H groups in total. The van der Waals surface area contributed by atoms with Gasteiger partial charge in [0.25, 0.3) is 0 Å². The summed E-state index contributed by atoms with van der Waals surface area (Å²) in [7, 11) is 0. The van der Waals surface area contributed by atoms with Gasteiger partial charge in [0.1, 0.15) is 48.8 Å². The Kier molecular flexibility index (Phi) is 11.3. The van der Waals surface area contributed by atoms with E-state index in [2.05, 4.69) is 16.0 Å². The summed E-state index contributed by atoms with van der Waals surface area (Å²) < 4.78 is 10.6. The Hall–Kier alpha value is -2.65. The Balaban J connectivity index is 2.80. The monoisotopic (exact) mass is 477 g/mol. The highest BCUT2D eigenvalue weighted by molar-refractivity contribution is 5.91. The number of amides is 3. The highest BCUT2D eigenvalue weighted by atomic mass is 16.6. The fraction of sp³-hybridized carbons (Fsp3) is 0.737. The van der Waals surface area contributed by atoms with E-state index in [1.54, 1.807) is 0 Å². The highest BCUT2D eigenvalue weighted by Crippen LogP contribution is 2.23. The van der Waals surface area contributed by atoms with Crippen LogP contribution in [0.2, 0.25) is 0 Å². The van der Waals surface area contributed by atoms with Gasteiger partial charge in [0.15, 0.2) is 6.29 Å². The number of rotatable bonds is 12. The SMILES string of the molecule is CC(=O)N[C@@H]1[C@@H](O[C@H](C)C(=O)N[C@@H](C)C(=O)N[C@H](CCC=O)C(=O)O)[C@H](O)[C@@H](CO)O[C@@H]1O. The number of aldehydes is 1. The molecule has 33 heavy (non-hydrogen) atoms. The molecule has 1 heterocycles. The molecule has 14 heteroatoms. The lowest BCUT2D eigenvalue weighted by atomic mass is 9.96. The molecule has 0 unspecified atom stereocenters. The average molecular weight is 477 g/mol. The van der Waals surface area contributed by atoms with E-state index in [9.17, 15) is 39.3 Å². The van der Waals surface area contributed by atoms with E-state index in [0.717, 1.165) is 6.92 Å². The van der Waals surface area contributed by atoms with Crippen molar-refractivity contribution >= 4 is 30.0 Å². The second kappa shape index (κ2) is 13.2. The third-order valence-corrected chi connectivity index (χ3v) is 4.91. The third kappa shape index (κ3) is 8.33. The van der Waals surface area contributed by atoms with Crippen LogP contribution < -0.4 is 16.0 Å². The van der Waals surface area contributed by atoms with Crippen molar-refractivity contribution < 1.29 is 53.9 Å². The van der Waals surface area contributed by atoms with Crippen LogP contribution in [0.4, 0.5) is 0 Å². The summed E-state index contributed by atoms with van der Waals surface area (Å²) in [6.07, 6.45) is -6.72. The normalized spacial score (nSPS) is 27.5. The molecule has 0 radical (unpaired) electrons. The van der Waals surface area contributed by atoms with Crippen LogP contribution >= 0.6 is 0 Å². The maximum Gasteiger partial charge on any atom is 0.326 e. The number of aliphatic carboxylic acids is 1. The summed E-state index contributed by atoms with van der Waals surface area (Å²) in [5.41, 5.74) is 0. The molecule has 0 aliphatic carbocycles. The van der Waals surface area contributed by atoms with Gasteiger partial charge in [0, 0.05) is 13.3 Å². The van der Waals surface area contributed by atoms with E-state index >= 15 is 0 Å². The number of ether oxygens (including phenoxy) is 2. The van der Waals surface area contributed by atoms with Crippen molar-refractivity contribution in [3.63, 3.8) is 0 Å².